The minimum absolute atomic E-state index is 0.141. The first-order valence-corrected chi connectivity index (χ1v) is 12.3. The van der Waals surface area contributed by atoms with Gasteiger partial charge in [0, 0.05) is 18.8 Å². The third kappa shape index (κ3) is 5.66. The SMILES string of the molecule is CCCCc1ccc(NC(=O)[C@@H]2CCCN(S(=O)(=O)c3cc(C)ccc3OC)C2)cc1. The zero-order chi connectivity index (χ0) is 22.4. The van der Waals surface area contributed by atoms with Crippen LogP contribution < -0.4 is 10.1 Å². The molecular weight excluding hydrogens is 412 g/mol. The van der Waals surface area contributed by atoms with E-state index in [1.807, 2.05) is 37.3 Å². The Kier molecular flexibility index (Phi) is 7.73. The first kappa shape index (κ1) is 23.3. The van der Waals surface area contributed by atoms with E-state index in [2.05, 4.69) is 12.2 Å². The van der Waals surface area contributed by atoms with Crippen molar-refractivity contribution in [2.24, 2.45) is 5.92 Å². The molecule has 0 spiro atoms. The average molecular weight is 445 g/mol. The molecule has 3 rings (SSSR count). The van der Waals surface area contributed by atoms with Crippen LogP contribution in [0.4, 0.5) is 5.69 Å². The summed E-state index contributed by atoms with van der Waals surface area (Å²) in [7, 11) is -2.29. The molecule has 1 atom stereocenters. The fourth-order valence-corrected chi connectivity index (χ4v) is 5.64. The summed E-state index contributed by atoms with van der Waals surface area (Å²) in [5.41, 5.74) is 2.83. The van der Waals surface area contributed by atoms with Crippen molar-refractivity contribution in [3.8, 4) is 5.75 Å². The molecule has 0 radical (unpaired) electrons. The van der Waals surface area contributed by atoms with Gasteiger partial charge in [0.05, 0.1) is 13.0 Å². The number of hydrogen-bond donors (Lipinski definition) is 1. The van der Waals surface area contributed by atoms with Crippen molar-refractivity contribution >= 4 is 21.6 Å². The lowest BCUT2D eigenvalue weighted by atomic mass is 9.98. The summed E-state index contributed by atoms with van der Waals surface area (Å²) in [6.07, 6.45) is 4.62. The zero-order valence-corrected chi connectivity index (χ0v) is 19.4. The Morgan fingerprint density at radius 2 is 1.94 bits per heavy atom. The number of rotatable bonds is 8. The van der Waals surface area contributed by atoms with E-state index in [1.165, 1.54) is 17.0 Å². The molecule has 1 fully saturated rings. The molecule has 1 saturated heterocycles. The molecule has 168 valence electrons. The Labute approximate surface area is 185 Å². The van der Waals surface area contributed by atoms with Crippen LogP contribution in [-0.4, -0.2) is 38.8 Å². The summed E-state index contributed by atoms with van der Waals surface area (Å²) < 4.78 is 33.3. The minimum Gasteiger partial charge on any atom is -0.495 e. The van der Waals surface area contributed by atoms with Gasteiger partial charge >= 0.3 is 0 Å². The number of carbonyl (C=O) groups is 1. The van der Waals surface area contributed by atoms with E-state index in [0.717, 1.165) is 30.5 Å². The van der Waals surface area contributed by atoms with E-state index >= 15 is 0 Å². The number of piperidine rings is 1. The third-order valence-corrected chi connectivity index (χ3v) is 7.62. The van der Waals surface area contributed by atoms with Gasteiger partial charge in [-0.15, -0.1) is 0 Å². The van der Waals surface area contributed by atoms with E-state index in [9.17, 15) is 13.2 Å². The molecular formula is C24H32N2O4S. The monoisotopic (exact) mass is 444 g/mol. The van der Waals surface area contributed by atoms with Gasteiger partial charge < -0.3 is 10.1 Å². The number of unbranched alkanes of at least 4 members (excludes halogenated alkanes) is 1. The molecule has 2 aromatic carbocycles. The van der Waals surface area contributed by atoms with Crippen LogP contribution in [0.1, 0.15) is 43.7 Å². The topological polar surface area (TPSA) is 75.7 Å². The summed E-state index contributed by atoms with van der Waals surface area (Å²) in [5, 5.41) is 2.95. The van der Waals surface area contributed by atoms with Crippen LogP contribution in [-0.2, 0) is 21.2 Å². The van der Waals surface area contributed by atoms with Crippen molar-refractivity contribution in [2.45, 2.75) is 50.8 Å². The van der Waals surface area contributed by atoms with Gasteiger partial charge in [-0.25, -0.2) is 8.42 Å². The van der Waals surface area contributed by atoms with Crippen LogP contribution in [0.25, 0.3) is 0 Å². The molecule has 2 aromatic rings. The van der Waals surface area contributed by atoms with Gasteiger partial charge in [0.1, 0.15) is 10.6 Å². The number of anilines is 1. The minimum atomic E-state index is -3.75. The maximum Gasteiger partial charge on any atom is 0.246 e. The number of nitrogens with one attached hydrogen (secondary N) is 1. The first-order chi connectivity index (χ1) is 14.8. The van der Waals surface area contributed by atoms with Crippen LogP contribution in [0, 0.1) is 12.8 Å². The maximum atomic E-state index is 13.3. The lowest BCUT2D eigenvalue weighted by molar-refractivity contribution is -0.120. The molecule has 1 N–H and O–H groups in total. The van der Waals surface area contributed by atoms with Crippen LogP contribution in [0.2, 0.25) is 0 Å². The molecule has 1 amide bonds. The van der Waals surface area contributed by atoms with Gasteiger partial charge in [-0.05, 0) is 68.0 Å². The molecule has 7 heteroatoms. The number of nitrogens with zero attached hydrogens (tertiary/aromatic N) is 1. The van der Waals surface area contributed by atoms with Crippen molar-refractivity contribution in [3.63, 3.8) is 0 Å². The Morgan fingerprint density at radius 3 is 2.61 bits per heavy atom. The second-order valence-electron chi connectivity index (χ2n) is 8.15. The number of aryl methyl sites for hydroxylation is 2. The standard InChI is InChI=1S/C24H32N2O4S/c1-4-5-7-19-10-12-21(13-11-19)25-24(27)20-8-6-15-26(17-20)31(28,29)23-16-18(2)9-14-22(23)30-3/h9-14,16,20H,4-8,15,17H2,1-3H3,(H,25,27)/t20-/m1/s1. The van der Waals surface area contributed by atoms with Crippen molar-refractivity contribution in [1.82, 2.24) is 4.31 Å². The Bertz CT molecular complexity index is 1000. The number of benzene rings is 2. The maximum absolute atomic E-state index is 13.3. The number of methoxy groups -OCH3 is 1. The molecule has 0 unspecified atom stereocenters. The summed E-state index contributed by atoms with van der Waals surface area (Å²) in [4.78, 5) is 13.0. The molecule has 1 heterocycles. The highest BCUT2D eigenvalue weighted by molar-refractivity contribution is 7.89. The van der Waals surface area contributed by atoms with Gasteiger partial charge in [0.25, 0.3) is 0 Å². The molecule has 1 aliphatic heterocycles. The van der Waals surface area contributed by atoms with Crippen LogP contribution >= 0.6 is 0 Å². The number of sulfonamides is 1. The van der Waals surface area contributed by atoms with Gasteiger partial charge in [-0.1, -0.05) is 31.5 Å². The van der Waals surface area contributed by atoms with Crippen molar-refractivity contribution in [1.29, 1.82) is 0 Å². The number of hydrogen-bond acceptors (Lipinski definition) is 4. The highest BCUT2D eigenvalue weighted by Gasteiger charge is 2.35. The Balaban J connectivity index is 1.70. The van der Waals surface area contributed by atoms with Crippen LogP contribution in [0.3, 0.4) is 0 Å². The third-order valence-electron chi connectivity index (χ3n) is 5.73. The van der Waals surface area contributed by atoms with Crippen molar-refractivity contribution < 1.29 is 17.9 Å². The molecule has 0 aromatic heterocycles. The summed E-state index contributed by atoms with van der Waals surface area (Å²) >= 11 is 0. The molecule has 0 saturated carbocycles. The highest BCUT2D eigenvalue weighted by Crippen LogP contribution is 2.31. The van der Waals surface area contributed by atoms with Gasteiger partial charge in [0.15, 0.2) is 0 Å². The number of carbonyl (C=O) groups excluding carboxylic acids is 1. The number of amides is 1. The largest absolute Gasteiger partial charge is 0.495 e. The molecule has 1 aliphatic rings. The van der Waals surface area contributed by atoms with E-state index in [4.69, 9.17) is 4.74 Å². The van der Waals surface area contributed by atoms with Crippen LogP contribution in [0.15, 0.2) is 47.4 Å². The van der Waals surface area contributed by atoms with Gasteiger partial charge in [0.2, 0.25) is 15.9 Å². The lowest BCUT2D eigenvalue weighted by Gasteiger charge is -2.31. The fraction of sp³-hybridized carbons (Fsp3) is 0.458. The molecule has 0 bridgehead atoms. The normalized spacial score (nSPS) is 17.3. The average Bonchev–Trinajstić information content (AvgIpc) is 2.78. The van der Waals surface area contributed by atoms with E-state index in [0.29, 0.717) is 25.1 Å². The van der Waals surface area contributed by atoms with Crippen LogP contribution in [0.5, 0.6) is 5.75 Å². The fourth-order valence-electron chi connectivity index (χ4n) is 3.88. The lowest BCUT2D eigenvalue weighted by Crippen LogP contribution is -2.43. The molecule has 6 nitrogen and oxygen atoms in total. The van der Waals surface area contributed by atoms with E-state index in [1.54, 1.807) is 12.1 Å². The molecule has 31 heavy (non-hydrogen) atoms. The molecule has 0 aliphatic carbocycles. The number of ether oxygens (including phenoxy) is 1. The Hall–Kier alpha value is -2.38. The quantitative estimate of drug-likeness (QED) is 0.655. The Morgan fingerprint density at radius 1 is 1.19 bits per heavy atom. The van der Waals surface area contributed by atoms with Gasteiger partial charge in [-0.2, -0.15) is 4.31 Å². The summed E-state index contributed by atoms with van der Waals surface area (Å²) in [6.45, 7) is 4.57. The second kappa shape index (κ2) is 10.3. The summed E-state index contributed by atoms with van der Waals surface area (Å²) in [5.74, 6) is -0.211. The first-order valence-electron chi connectivity index (χ1n) is 10.9. The zero-order valence-electron chi connectivity index (χ0n) is 18.6. The van der Waals surface area contributed by atoms with E-state index in [-0.39, 0.29) is 23.3 Å². The smallest absolute Gasteiger partial charge is 0.246 e. The summed E-state index contributed by atoms with van der Waals surface area (Å²) in [6, 6.07) is 13.0. The predicted octanol–water partition coefficient (Wildman–Crippen LogP) is 4.39. The predicted molar refractivity (Wildman–Crippen MR) is 123 cm³/mol. The second-order valence-corrected chi connectivity index (χ2v) is 10.1. The van der Waals surface area contributed by atoms with Gasteiger partial charge in [-0.3, -0.25) is 4.79 Å². The van der Waals surface area contributed by atoms with Crippen molar-refractivity contribution in [2.75, 3.05) is 25.5 Å². The van der Waals surface area contributed by atoms with Crippen molar-refractivity contribution in [3.05, 3.63) is 53.6 Å². The highest BCUT2D eigenvalue weighted by atomic mass is 32.2. The van der Waals surface area contributed by atoms with E-state index < -0.39 is 10.0 Å².